The van der Waals surface area contributed by atoms with Gasteiger partial charge in [0.05, 0.1) is 18.6 Å². The number of esters is 1. The number of hydrogen-bond donors (Lipinski definition) is 0. The van der Waals surface area contributed by atoms with Crippen LogP contribution in [0, 0.1) is 5.92 Å². The van der Waals surface area contributed by atoms with Gasteiger partial charge in [0.15, 0.2) is 0 Å². The number of amides is 1. The van der Waals surface area contributed by atoms with E-state index in [9.17, 15) is 9.59 Å². The van der Waals surface area contributed by atoms with E-state index >= 15 is 0 Å². The second-order valence-electron chi connectivity index (χ2n) is 8.88. The third kappa shape index (κ3) is 4.28. The van der Waals surface area contributed by atoms with E-state index in [2.05, 4.69) is 46.7 Å². The summed E-state index contributed by atoms with van der Waals surface area (Å²) in [5.74, 6) is -0.972. The normalized spacial score (nSPS) is 20.6. The summed E-state index contributed by atoms with van der Waals surface area (Å²) >= 11 is 1.75. The van der Waals surface area contributed by atoms with Gasteiger partial charge in [0.1, 0.15) is 6.61 Å². The first-order valence-electron chi connectivity index (χ1n) is 11.4. The first-order chi connectivity index (χ1) is 16.1. The van der Waals surface area contributed by atoms with Crippen molar-refractivity contribution >= 4 is 34.0 Å². The SMILES string of the molecule is COC(=O)C1CC(=O)N(OCc2ccc3ccccc3c2)C12CCN(Cc1cccs1)CC2. The number of likely N-dealkylation sites (tertiary alicyclic amines) is 1. The molecule has 5 rings (SSSR count). The lowest BCUT2D eigenvalue weighted by atomic mass is 9.77. The first kappa shape index (κ1) is 22.1. The predicted molar refractivity (Wildman–Crippen MR) is 127 cm³/mol. The molecule has 3 aromatic rings. The van der Waals surface area contributed by atoms with Crippen LogP contribution in [0.4, 0.5) is 0 Å². The van der Waals surface area contributed by atoms with E-state index in [0.29, 0.717) is 12.8 Å². The van der Waals surface area contributed by atoms with Gasteiger partial charge in [-0.15, -0.1) is 11.3 Å². The van der Waals surface area contributed by atoms with Gasteiger partial charge in [-0.05, 0) is 46.7 Å². The van der Waals surface area contributed by atoms with Crippen molar-refractivity contribution < 1.29 is 19.2 Å². The Morgan fingerprint density at radius 2 is 1.88 bits per heavy atom. The number of piperidine rings is 1. The molecule has 1 spiro atoms. The molecule has 7 heteroatoms. The predicted octanol–water partition coefficient (Wildman–Crippen LogP) is 4.39. The molecule has 2 fully saturated rings. The van der Waals surface area contributed by atoms with E-state index in [4.69, 9.17) is 9.57 Å². The number of nitrogens with zero attached hydrogens (tertiary/aromatic N) is 2. The van der Waals surface area contributed by atoms with Crippen molar-refractivity contribution in [3.05, 3.63) is 70.4 Å². The summed E-state index contributed by atoms with van der Waals surface area (Å²) in [5.41, 5.74) is 0.334. The highest BCUT2D eigenvalue weighted by atomic mass is 32.1. The Morgan fingerprint density at radius 3 is 2.61 bits per heavy atom. The lowest BCUT2D eigenvalue weighted by Gasteiger charge is -2.45. The molecule has 0 radical (unpaired) electrons. The average Bonchev–Trinajstić information content (AvgIpc) is 3.45. The summed E-state index contributed by atoms with van der Waals surface area (Å²) in [5, 5.41) is 5.91. The number of thiophene rings is 1. The molecule has 3 heterocycles. The van der Waals surface area contributed by atoms with Crippen molar-refractivity contribution in [1.82, 2.24) is 9.96 Å². The molecule has 2 aromatic carbocycles. The van der Waals surface area contributed by atoms with Crippen LogP contribution < -0.4 is 0 Å². The number of hydrogen-bond acceptors (Lipinski definition) is 6. The van der Waals surface area contributed by atoms with Gasteiger partial charge in [0, 0.05) is 30.9 Å². The Morgan fingerprint density at radius 1 is 1.09 bits per heavy atom. The molecule has 1 atom stereocenters. The Kier molecular flexibility index (Phi) is 6.19. The van der Waals surface area contributed by atoms with Gasteiger partial charge in [0.2, 0.25) is 5.91 Å². The maximum Gasteiger partial charge on any atom is 0.311 e. The van der Waals surface area contributed by atoms with E-state index in [-0.39, 0.29) is 24.9 Å². The Balaban J connectivity index is 1.34. The molecule has 1 amide bonds. The minimum absolute atomic E-state index is 0.134. The minimum Gasteiger partial charge on any atom is -0.469 e. The fraction of sp³-hybridized carbons (Fsp3) is 0.385. The molecule has 33 heavy (non-hydrogen) atoms. The van der Waals surface area contributed by atoms with Gasteiger partial charge < -0.3 is 4.74 Å². The number of rotatable bonds is 6. The summed E-state index contributed by atoms with van der Waals surface area (Å²) in [7, 11) is 1.39. The van der Waals surface area contributed by atoms with Crippen LogP contribution in [-0.2, 0) is 32.3 Å². The van der Waals surface area contributed by atoms with Crippen molar-refractivity contribution in [2.24, 2.45) is 5.92 Å². The first-order valence-corrected chi connectivity index (χ1v) is 12.2. The zero-order valence-electron chi connectivity index (χ0n) is 18.7. The molecule has 0 N–H and O–H groups in total. The fourth-order valence-corrected chi connectivity index (χ4v) is 5.97. The van der Waals surface area contributed by atoms with E-state index in [1.54, 1.807) is 11.3 Å². The van der Waals surface area contributed by atoms with Crippen LogP contribution in [0.2, 0.25) is 0 Å². The highest BCUT2D eigenvalue weighted by Gasteiger charge is 2.58. The van der Waals surface area contributed by atoms with Crippen LogP contribution in [0.5, 0.6) is 0 Å². The summed E-state index contributed by atoms with van der Waals surface area (Å²) < 4.78 is 5.10. The standard InChI is InChI=1S/C26H28N2O4S/c1-31-25(30)23-16-24(29)28(32-18-19-8-9-20-5-2-3-6-21(20)15-19)26(23)10-12-27(13-11-26)17-22-7-4-14-33-22/h2-9,14-15,23H,10-13,16-18H2,1H3. The van der Waals surface area contributed by atoms with Gasteiger partial charge >= 0.3 is 5.97 Å². The van der Waals surface area contributed by atoms with Crippen LogP contribution >= 0.6 is 11.3 Å². The second-order valence-corrected chi connectivity index (χ2v) is 9.91. The molecule has 2 saturated heterocycles. The molecular formula is C26H28N2O4S. The summed E-state index contributed by atoms with van der Waals surface area (Å²) in [6.07, 6.45) is 1.50. The maximum absolute atomic E-state index is 13.0. The third-order valence-corrected chi connectivity index (χ3v) is 7.86. The molecule has 1 aromatic heterocycles. The summed E-state index contributed by atoms with van der Waals surface area (Å²) in [4.78, 5) is 35.6. The van der Waals surface area contributed by atoms with Crippen LogP contribution in [0.1, 0.15) is 29.7 Å². The number of benzene rings is 2. The van der Waals surface area contributed by atoms with Gasteiger partial charge in [-0.3, -0.25) is 19.3 Å². The van der Waals surface area contributed by atoms with E-state index in [1.807, 2.05) is 18.2 Å². The highest BCUT2D eigenvalue weighted by molar-refractivity contribution is 7.09. The summed E-state index contributed by atoms with van der Waals surface area (Å²) in [6, 6.07) is 18.6. The molecule has 0 bridgehead atoms. The van der Waals surface area contributed by atoms with Crippen molar-refractivity contribution in [3.63, 3.8) is 0 Å². The van der Waals surface area contributed by atoms with Crippen LogP contribution in [0.15, 0.2) is 60.0 Å². The zero-order valence-corrected chi connectivity index (χ0v) is 19.6. The quantitative estimate of drug-likeness (QED) is 0.507. The van der Waals surface area contributed by atoms with Crippen molar-refractivity contribution in [3.8, 4) is 0 Å². The number of carbonyl (C=O) groups excluding carboxylic acids is 2. The lowest BCUT2D eigenvalue weighted by Crippen LogP contribution is -2.57. The Labute approximate surface area is 197 Å². The molecule has 1 unspecified atom stereocenters. The largest absolute Gasteiger partial charge is 0.469 e. The molecular weight excluding hydrogens is 436 g/mol. The monoisotopic (exact) mass is 464 g/mol. The number of carbonyl (C=O) groups is 2. The molecule has 2 aliphatic rings. The molecule has 0 saturated carbocycles. The van der Waals surface area contributed by atoms with Crippen LogP contribution in [-0.4, -0.2) is 47.6 Å². The van der Waals surface area contributed by atoms with Gasteiger partial charge in [0.25, 0.3) is 0 Å². The van der Waals surface area contributed by atoms with Gasteiger partial charge in [-0.25, -0.2) is 5.06 Å². The van der Waals surface area contributed by atoms with Crippen molar-refractivity contribution in [2.75, 3.05) is 20.2 Å². The van der Waals surface area contributed by atoms with E-state index in [1.165, 1.54) is 22.4 Å². The van der Waals surface area contributed by atoms with Crippen LogP contribution in [0.3, 0.4) is 0 Å². The van der Waals surface area contributed by atoms with Crippen molar-refractivity contribution in [1.29, 1.82) is 0 Å². The third-order valence-electron chi connectivity index (χ3n) is 7.00. The maximum atomic E-state index is 13.0. The van der Waals surface area contributed by atoms with E-state index < -0.39 is 11.5 Å². The zero-order chi connectivity index (χ0) is 22.8. The van der Waals surface area contributed by atoms with Gasteiger partial charge in [-0.2, -0.15) is 0 Å². The topological polar surface area (TPSA) is 59.1 Å². The average molecular weight is 465 g/mol. The van der Waals surface area contributed by atoms with Crippen molar-refractivity contribution in [2.45, 2.75) is 38.0 Å². The lowest BCUT2D eigenvalue weighted by molar-refractivity contribution is -0.229. The number of hydroxylamine groups is 2. The Bertz CT molecular complexity index is 1140. The molecule has 172 valence electrons. The number of methoxy groups -OCH3 is 1. The van der Waals surface area contributed by atoms with Crippen LogP contribution in [0.25, 0.3) is 10.8 Å². The minimum atomic E-state index is -0.660. The molecule has 0 aliphatic carbocycles. The second kappa shape index (κ2) is 9.25. The summed E-state index contributed by atoms with van der Waals surface area (Å²) in [6.45, 7) is 2.77. The fourth-order valence-electron chi connectivity index (χ4n) is 5.22. The number of fused-ring (bicyclic) bond motifs is 1. The van der Waals surface area contributed by atoms with Gasteiger partial charge in [-0.1, -0.05) is 42.5 Å². The Hall–Kier alpha value is -2.74. The highest BCUT2D eigenvalue weighted by Crippen LogP contribution is 2.45. The molecule has 2 aliphatic heterocycles. The van der Waals surface area contributed by atoms with E-state index in [0.717, 1.165) is 30.6 Å². The smallest absolute Gasteiger partial charge is 0.311 e. The number of ether oxygens (including phenoxy) is 1. The molecule has 6 nitrogen and oxygen atoms in total.